The summed E-state index contributed by atoms with van der Waals surface area (Å²) >= 11 is 0. The number of hydrogen-bond donors (Lipinski definition) is 2. The molecule has 1 aliphatic carbocycles. The number of nitrogens with one attached hydrogen (secondary N) is 2. The van der Waals surface area contributed by atoms with Crippen molar-refractivity contribution < 1.29 is 12.8 Å². The number of piperidine rings is 1. The molecule has 1 saturated carbocycles. The van der Waals surface area contributed by atoms with E-state index in [1.807, 2.05) is 12.1 Å². The highest BCUT2D eigenvalue weighted by atomic mass is 32.2. The Balaban J connectivity index is 1.39. The van der Waals surface area contributed by atoms with Crippen molar-refractivity contribution in [3.8, 4) is 11.1 Å². The Bertz CT molecular complexity index is 1230. The fourth-order valence-corrected chi connectivity index (χ4v) is 5.85. The van der Waals surface area contributed by atoms with E-state index < -0.39 is 10.0 Å². The zero-order valence-corrected chi connectivity index (χ0v) is 19.2. The lowest BCUT2D eigenvalue weighted by Crippen LogP contribution is -2.38. The third-order valence-corrected chi connectivity index (χ3v) is 8.78. The van der Waals surface area contributed by atoms with E-state index in [0.717, 1.165) is 29.5 Å². The summed E-state index contributed by atoms with van der Waals surface area (Å²) < 4.78 is 40.3. The fraction of sp³-hybridized carbons (Fsp3) is 0.440. The summed E-state index contributed by atoms with van der Waals surface area (Å²) in [7, 11) is -3.12. The van der Waals surface area contributed by atoms with Crippen LogP contribution in [0.1, 0.15) is 49.7 Å². The molecule has 5 nitrogen and oxygen atoms in total. The van der Waals surface area contributed by atoms with Gasteiger partial charge in [-0.15, -0.1) is 0 Å². The molecule has 2 aliphatic rings. The van der Waals surface area contributed by atoms with Crippen molar-refractivity contribution in [1.29, 1.82) is 0 Å². The number of aromatic nitrogens is 1. The van der Waals surface area contributed by atoms with E-state index in [1.165, 1.54) is 23.8 Å². The molecule has 170 valence electrons. The van der Waals surface area contributed by atoms with Crippen LogP contribution in [-0.4, -0.2) is 42.6 Å². The molecule has 0 spiro atoms. The van der Waals surface area contributed by atoms with E-state index in [0.29, 0.717) is 37.2 Å². The number of H-pyrrole nitrogens is 1. The van der Waals surface area contributed by atoms with Crippen molar-refractivity contribution in [3.05, 3.63) is 59.5 Å². The zero-order chi connectivity index (χ0) is 22.3. The number of rotatable bonds is 7. The van der Waals surface area contributed by atoms with E-state index in [4.69, 9.17) is 0 Å². The number of hydrogen-bond acceptors (Lipinski definition) is 3. The molecule has 1 aliphatic heterocycles. The minimum absolute atomic E-state index is 0.157. The van der Waals surface area contributed by atoms with Gasteiger partial charge in [0.05, 0.1) is 5.75 Å². The SMILES string of the molecule is CCS(=O)(=O)N1CCC(c2c[nH]c3ccc(-c4ccc(F)c(CNC5CC5)c4)cc23)CC1. The summed E-state index contributed by atoms with van der Waals surface area (Å²) in [6, 6.07) is 12.2. The van der Waals surface area contributed by atoms with Crippen molar-refractivity contribution >= 4 is 20.9 Å². The second-order valence-corrected chi connectivity index (χ2v) is 11.3. The van der Waals surface area contributed by atoms with Gasteiger partial charge in [-0.1, -0.05) is 12.1 Å². The predicted octanol–water partition coefficient (Wildman–Crippen LogP) is 4.76. The molecular formula is C25H30FN3O2S. The lowest BCUT2D eigenvalue weighted by Gasteiger charge is -2.30. The average Bonchev–Trinajstić information content (AvgIpc) is 3.55. The molecule has 0 radical (unpaired) electrons. The Kier molecular flexibility index (Phi) is 5.82. The number of nitrogens with zero attached hydrogens (tertiary/aromatic N) is 1. The second-order valence-electron chi connectivity index (χ2n) is 9.04. The normalized spacial score (nSPS) is 18.4. The third kappa shape index (κ3) is 4.34. The van der Waals surface area contributed by atoms with Gasteiger partial charge < -0.3 is 10.3 Å². The Morgan fingerprint density at radius 2 is 1.78 bits per heavy atom. The first-order valence-electron chi connectivity index (χ1n) is 11.6. The molecule has 5 rings (SSSR count). The van der Waals surface area contributed by atoms with Gasteiger partial charge in [0.1, 0.15) is 5.82 Å². The van der Waals surface area contributed by atoms with Gasteiger partial charge in [-0.05, 0) is 79.5 Å². The predicted molar refractivity (Wildman–Crippen MR) is 127 cm³/mol. The Morgan fingerprint density at radius 3 is 2.50 bits per heavy atom. The molecule has 7 heteroatoms. The molecule has 2 N–H and O–H groups in total. The molecule has 32 heavy (non-hydrogen) atoms. The van der Waals surface area contributed by atoms with E-state index in [-0.39, 0.29) is 11.6 Å². The van der Waals surface area contributed by atoms with Crippen LogP contribution in [0.5, 0.6) is 0 Å². The molecule has 2 fully saturated rings. The molecule has 1 saturated heterocycles. The average molecular weight is 456 g/mol. The summed E-state index contributed by atoms with van der Waals surface area (Å²) in [5.74, 6) is 0.317. The van der Waals surface area contributed by atoms with Crippen LogP contribution < -0.4 is 5.32 Å². The standard InChI is InChI=1S/C25H30FN3O2S/c1-2-32(30,31)29-11-9-17(10-12-29)23-16-28-25-8-4-19(14-22(23)25)18-3-7-24(26)20(13-18)15-27-21-5-6-21/h3-4,7-8,13-14,16-17,21,27-28H,2,5-6,9-12,15H2,1H3. The second kappa shape index (κ2) is 8.61. The number of halogens is 1. The van der Waals surface area contributed by atoms with Gasteiger partial charge in [-0.2, -0.15) is 0 Å². The molecule has 0 amide bonds. The summed E-state index contributed by atoms with van der Waals surface area (Å²) in [6.45, 7) is 3.40. The summed E-state index contributed by atoms with van der Waals surface area (Å²) in [6.07, 6.45) is 6.07. The molecule has 0 atom stereocenters. The number of sulfonamides is 1. The van der Waals surface area contributed by atoms with Crippen LogP contribution in [0.4, 0.5) is 4.39 Å². The topological polar surface area (TPSA) is 65.2 Å². The van der Waals surface area contributed by atoms with Crippen molar-refractivity contribution in [2.75, 3.05) is 18.8 Å². The molecule has 1 aromatic heterocycles. The summed E-state index contributed by atoms with van der Waals surface area (Å²) in [5, 5.41) is 4.56. The van der Waals surface area contributed by atoms with Gasteiger partial charge in [0, 0.05) is 48.3 Å². The van der Waals surface area contributed by atoms with Gasteiger partial charge >= 0.3 is 0 Å². The monoisotopic (exact) mass is 455 g/mol. The van der Waals surface area contributed by atoms with Crippen LogP contribution in [0.15, 0.2) is 42.6 Å². The third-order valence-electron chi connectivity index (χ3n) is 6.90. The maximum atomic E-state index is 14.3. The van der Waals surface area contributed by atoms with Gasteiger partial charge in [0.25, 0.3) is 0 Å². The molecule has 3 aromatic rings. The molecule has 0 bridgehead atoms. The van der Waals surface area contributed by atoms with E-state index in [1.54, 1.807) is 17.3 Å². The first-order chi connectivity index (χ1) is 15.4. The van der Waals surface area contributed by atoms with Crippen LogP contribution in [0.25, 0.3) is 22.0 Å². The summed E-state index contributed by atoms with van der Waals surface area (Å²) in [5.41, 5.74) is 5.10. The lowest BCUT2D eigenvalue weighted by molar-refractivity contribution is 0.321. The quantitative estimate of drug-likeness (QED) is 0.540. The number of fused-ring (bicyclic) bond motifs is 1. The Labute approximate surface area is 189 Å². The fourth-order valence-electron chi connectivity index (χ4n) is 4.72. The van der Waals surface area contributed by atoms with Gasteiger partial charge in [0.15, 0.2) is 0 Å². The first kappa shape index (κ1) is 21.6. The van der Waals surface area contributed by atoms with Gasteiger partial charge in [0.2, 0.25) is 10.0 Å². The van der Waals surface area contributed by atoms with Crippen LogP contribution in [-0.2, 0) is 16.6 Å². The Morgan fingerprint density at radius 1 is 1.06 bits per heavy atom. The highest BCUT2D eigenvalue weighted by Crippen LogP contribution is 2.36. The highest BCUT2D eigenvalue weighted by Gasteiger charge is 2.28. The zero-order valence-electron chi connectivity index (χ0n) is 18.4. The van der Waals surface area contributed by atoms with Gasteiger partial charge in [-0.25, -0.2) is 17.1 Å². The minimum Gasteiger partial charge on any atom is -0.361 e. The van der Waals surface area contributed by atoms with E-state index >= 15 is 0 Å². The van der Waals surface area contributed by atoms with Crippen molar-refractivity contribution in [2.45, 2.75) is 51.1 Å². The van der Waals surface area contributed by atoms with Crippen molar-refractivity contribution in [2.24, 2.45) is 0 Å². The molecule has 2 heterocycles. The minimum atomic E-state index is -3.12. The Hall–Kier alpha value is -2.22. The first-order valence-corrected chi connectivity index (χ1v) is 13.2. The maximum Gasteiger partial charge on any atom is 0.213 e. The van der Waals surface area contributed by atoms with E-state index in [9.17, 15) is 12.8 Å². The van der Waals surface area contributed by atoms with E-state index in [2.05, 4.69) is 34.7 Å². The molecule has 2 aromatic carbocycles. The molecule has 0 unspecified atom stereocenters. The van der Waals surface area contributed by atoms with Crippen molar-refractivity contribution in [3.63, 3.8) is 0 Å². The highest BCUT2D eigenvalue weighted by molar-refractivity contribution is 7.89. The molecular weight excluding hydrogens is 425 g/mol. The number of benzene rings is 2. The number of aromatic amines is 1. The largest absolute Gasteiger partial charge is 0.361 e. The van der Waals surface area contributed by atoms with Crippen LogP contribution in [0.3, 0.4) is 0 Å². The van der Waals surface area contributed by atoms with Gasteiger partial charge in [-0.3, -0.25) is 0 Å². The van der Waals surface area contributed by atoms with Crippen LogP contribution >= 0.6 is 0 Å². The maximum absolute atomic E-state index is 14.3. The lowest BCUT2D eigenvalue weighted by atomic mass is 9.89. The van der Waals surface area contributed by atoms with Crippen LogP contribution in [0, 0.1) is 5.82 Å². The summed E-state index contributed by atoms with van der Waals surface area (Å²) in [4.78, 5) is 3.38. The van der Waals surface area contributed by atoms with Crippen LogP contribution in [0.2, 0.25) is 0 Å². The van der Waals surface area contributed by atoms with Crippen molar-refractivity contribution in [1.82, 2.24) is 14.6 Å². The smallest absolute Gasteiger partial charge is 0.213 e.